The van der Waals surface area contributed by atoms with E-state index in [9.17, 15) is 14.4 Å². The molecule has 0 aliphatic carbocycles. The molecule has 6 heteroatoms. The molecule has 0 saturated carbocycles. The smallest absolute Gasteiger partial charge is 0.306 e. The monoisotopic (exact) mass is 965 g/mol. The highest BCUT2D eigenvalue weighted by Gasteiger charge is 2.19. The molecule has 0 aliphatic rings. The summed E-state index contributed by atoms with van der Waals surface area (Å²) in [6, 6.07) is 0. The summed E-state index contributed by atoms with van der Waals surface area (Å²) in [4.78, 5) is 38.1. The van der Waals surface area contributed by atoms with Crippen molar-refractivity contribution in [1.82, 2.24) is 0 Å². The summed E-state index contributed by atoms with van der Waals surface area (Å²) in [6.45, 7) is 6.51. The normalized spacial score (nSPS) is 12.4. The summed E-state index contributed by atoms with van der Waals surface area (Å²) in [5.41, 5.74) is 0. The molecule has 0 spiro atoms. The topological polar surface area (TPSA) is 78.9 Å². The Morgan fingerprint density at radius 2 is 0.565 bits per heavy atom. The molecule has 0 aliphatic heterocycles. The van der Waals surface area contributed by atoms with Crippen molar-refractivity contribution in [3.8, 4) is 0 Å². The highest BCUT2D eigenvalue weighted by Crippen LogP contribution is 2.16. The van der Waals surface area contributed by atoms with Crippen molar-refractivity contribution >= 4 is 17.9 Å². The number of ether oxygens (including phenoxy) is 3. The Labute approximate surface area is 428 Å². The van der Waals surface area contributed by atoms with Crippen LogP contribution in [0.25, 0.3) is 0 Å². The zero-order chi connectivity index (χ0) is 50.0. The number of unbranched alkanes of at least 4 members (excludes halogenated alkanes) is 33. The van der Waals surface area contributed by atoms with Gasteiger partial charge in [-0.3, -0.25) is 14.4 Å². The van der Waals surface area contributed by atoms with Crippen molar-refractivity contribution in [3.63, 3.8) is 0 Å². The Hall–Kier alpha value is -2.89. The maximum Gasteiger partial charge on any atom is 0.306 e. The third-order valence-corrected chi connectivity index (χ3v) is 13.0. The standard InChI is InChI=1S/C63H112O6/c1-4-7-10-13-16-19-22-24-26-27-28-29-30-31-32-33-34-35-37-38-41-44-47-50-53-56-62(65)68-59-60(58-67-61(64)55-52-49-46-43-40-21-18-15-12-9-6-3)69-63(66)57-54-51-48-45-42-39-36-25-23-20-17-14-11-8-5-2/h8,11,17,20,25,27-28,36,42,45,60H,4-7,9-10,12-16,18-19,21-24,26,29-35,37-41,43-44,46-59H2,1-3H3/b11-8-,20-17-,28-27-,36-25-,45-42-. The fraction of sp³-hybridized carbons (Fsp3) is 0.794. The minimum absolute atomic E-state index is 0.0881. The van der Waals surface area contributed by atoms with E-state index in [1.165, 1.54) is 180 Å². The molecule has 400 valence electrons. The van der Waals surface area contributed by atoms with Gasteiger partial charge in [-0.15, -0.1) is 0 Å². The largest absolute Gasteiger partial charge is 0.462 e. The quantitative estimate of drug-likeness (QED) is 0.0262. The second-order valence-corrected chi connectivity index (χ2v) is 19.9. The van der Waals surface area contributed by atoms with Gasteiger partial charge in [-0.2, -0.15) is 0 Å². The Balaban J connectivity index is 4.25. The second-order valence-electron chi connectivity index (χ2n) is 19.9. The third-order valence-electron chi connectivity index (χ3n) is 13.0. The minimum Gasteiger partial charge on any atom is -0.462 e. The first-order chi connectivity index (χ1) is 34.0. The van der Waals surface area contributed by atoms with Crippen LogP contribution in [-0.2, 0) is 28.6 Å². The Kier molecular flexibility index (Phi) is 55.3. The van der Waals surface area contributed by atoms with Gasteiger partial charge in [0, 0.05) is 19.3 Å². The molecule has 0 rings (SSSR count). The molecule has 0 fully saturated rings. The van der Waals surface area contributed by atoms with E-state index >= 15 is 0 Å². The summed E-state index contributed by atoms with van der Waals surface area (Å²) in [6.07, 6.45) is 72.3. The molecule has 6 nitrogen and oxygen atoms in total. The molecule has 0 bridgehead atoms. The predicted molar refractivity (Wildman–Crippen MR) is 298 cm³/mol. The van der Waals surface area contributed by atoms with E-state index in [-0.39, 0.29) is 37.5 Å². The molecular weight excluding hydrogens is 853 g/mol. The highest BCUT2D eigenvalue weighted by molar-refractivity contribution is 5.71. The zero-order valence-electron chi connectivity index (χ0n) is 45.8. The molecule has 0 saturated heterocycles. The molecular formula is C63H112O6. The first-order valence-electron chi connectivity index (χ1n) is 29.8. The number of carbonyl (C=O) groups is 3. The van der Waals surface area contributed by atoms with Gasteiger partial charge in [0.25, 0.3) is 0 Å². The van der Waals surface area contributed by atoms with Crippen LogP contribution in [0.2, 0.25) is 0 Å². The first kappa shape index (κ1) is 66.1. The van der Waals surface area contributed by atoms with Crippen molar-refractivity contribution in [1.29, 1.82) is 0 Å². The van der Waals surface area contributed by atoms with Crippen LogP contribution in [0.5, 0.6) is 0 Å². The van der Waals surface area contributed by atoms with Gasteiger partial charge in [-0.25, -0.2) is 0 Å². The lowest BCUT2D eigenvalue weighted by molar-refractivity contribution is -0.167. The van der Waals surface area contributed by atoms with Gasteiger partial charge in [-0.05, 0) is 83.5 Å². The van der Waals surface area contributed by atoms with Crippen molar-refractivity contribution in [2.24, 2.45) is 0 Å². The Bertz CT molecular complexity index is 1250. The van der Waals surface area contributed by atoms with E-state index < -0.39 is 6.10 Å². The summed E-state index contributed by atoms with van der Waals surface area (Å²) in [7, 11) is 0. The number of rotatable bonds is 54. The van der Waals surface area contributed by atoms with Gasteiger partial charge in [0.2, 0.25) is 0 Å². The van der Waals surface area contributed by atoms with Crippen molar-refractivity contribution in [3.05, 3.63) is 60.8 Å². The van der Waals surface area contributed by atoms with E-state index in [1.54, 1.807) is 0 Å². The summed E-state index contributed by atoms with van der Waals surface area (Å²) in [5.74, 6) is -0.919. The molecule has 1 atom stereocenters. The SMILES string of the molecule is CC/C=C\C/C=C\C/C=C\C/C=C\CCCCC(=O)OC(COC(=O)CCCCCCCCCCCCC)COC(=O)CCCCCCCCCCCCCCC/C=C\CCCCCCCCCC. The van der Waals surface area contributed by atoms with Crippen LogP contribution < -0.4 is 0 Å². The molecule has 0 aromatic heterocycles. The van der Waals surface area contributed by atoms with Crippen LogP contribution in [0.1, 0.15) is 303 Å². The molecule has 0 amide bonds. The van der Waals surface area contributed by atoms with E-state index in [1.807, 2.05) is 0 Å². The lowest BCUT2D eigenvalue weighted by Crippen LogP contribution is -2.30. The number of esters is 3. The second kappa shape index (κ2) is 57.7. The fourth-order valence-corrected chi connectivity index (χ4v) is 8.55. The van der Waals surface area contributed by atoms with Crippen LogP contribution in [-0.4, -0.2) is 37.2 Å². The molecule has 0 heterocycles. The van der Waals surface area contributed by atoms with Crippen LogP contribution in [0.15, 0.2) is 60.8 Å². The predicted octanol–water partition coefficient (Wildman–Crippen LogP) is 20.0. The maximum atomic E-state index is 12.8. The van der Waals surface area contributed by atoms with E-state index in [4.69, 9.17) is 14.2 Å². The van der Waals surface area contributed by atoms with Crippen LogP contribution in [0.3, 0.4) is 0 Å². The minimum atomic E-state index is -0.793. The lowest BCUT2D eigenvalue weighted by atomic mass is 10.0. The van der Waals surface area contributed by atoms with Crippen molar-refractivity contribution in [2.45, 2.75) is 309 Å². The van der Waals surface area contributed by atoms with Gasteiger partial charge >= 0.3 is 17.9 Å². The molecule has 0 aromatic rings. The molecule has 0 aromatic carbocycles. The van der Waals surface area contributed by atoms with Gasteiger partial charge in [0.05, 0.1) is 0 Å². The summed E-state index contributed by atoms with van der Waals surface area (Å²) < 4.78 is 16.8. The zero-order valence-corrected chi connectivity index (χ0v) is 45.8. The highest BCUT2D eigenvalue weighted by atomic mass is 16.6. The van der Waals surface area contributed by atoms with Crippen LogP contribution >= 0.6 is 0 Å². The van der Waals surface area contributed by atoms with Crippen LogP contribution in [0, 0.1) is 0 Å². The van der Waals surface area contributed by atoms with Gasteiger partial charge < -0.3 is 14.2 Å². The van der Waals surface area contributed by atoms with Crippen molar-refractivity contribution < 1.29 is 28.6 Å². The number of hydrogen-bond acceptors (Lipinski definition) is 6. The molecule has 0 N–H and O–H groups in total. The maximum absolute atomic E-state index is 12.8. The Morgan fingerprint density at radius 3 is 0.928 bits per heavy atom. The van der Waals surface area contributed by atoms with Crippen molar-refractivity contribution in [2.75, 3.05) is 13.2 Å². The van der Waals surface area contributed by atoms with Gasteiger partial charge in [-0.1, -0.05) is 261 Å². The van der Waals surface area contributed by atoms with E-state index in [0.29, 0.717) is 19.3 Å². The van der Waals surface area contributed by atoms with Gasteiger partial charge in [0.1, 0.15) is 13.2 Å². The fourth-order valence-electron chi connectivity index (χ4n) is 8.55. The molecule has 0 radical (unpaired) electrons. The van der Waals surface area contributed by atoms with E-state index in [0.717, 1.165) is 77.0 Å². The summed E-state index contributed by atoms with van der Waals surface area (Å²) in [5, 5.41) is 0. The number of carbonyl (C=O) groups excluding carboxylic acids is 3. The number of hydrogen-bond donors (Lipinski definition) is 0. The average Bonchev–Trinajstić information content (AvgIpc) is 3.35. The lowest BCUT2D eigenvalue weighted by Gasteiger charge is -2.18. The third kappa shape index (κ3) is 55.9. The van der Waals surface area contributed by atoms with E-state index in [2.05, 4.69) is 81.5 Å². The molecule has 69 heavy (non-hydrogen) atoms. The first-order valence-corrected chi connectivity index (χ1v) is 29.8. The Morgan fingerprint density at radius 1 is 0.304 bits per heavy atom. The summed E-state index contributed by atoms with van der Waals surface area (Å²) >= 11 is 0. The van der Waals surface area contributed by atoms with Gasteiger partial charge in [0.15, 0.2) is 6.10 Å². The van der Waals surface area contributed by atoms with Crippen LogP contribution in [0.4, 0.5) is 0 Å². The number of allylic oxidation sites excluding steroid dienone is 10. The molecule has 1 unspecified atom stereocenters. The average molecular weight is 966 g/mol.